The highest BCUT2D eigenvalue weighted by Crippen LogP contribution is 2.55. The molecule has 2 saturated heterocycles. The zero-order chi connectivity index (χ0) is 27.4. The number of halogens is 3. The third-order valence-corrected chi connectivity index (χ3v) is 10.8. The molecule has 0 aliphatic carbocycles. The Morgan fingerprint density at radius 1 is 0.974 bits per heavy atom. The van der Waals surface area contributed by atoms with Crippen molar-refractivity contribution in [2.24, 2.45) is 5.92 Å². The molecular weight excluding hydrogens is 605 g/mol. The average molecular weight is 625 g/mol. The van der Waals surface area contributed by atoms with E-state index in [-0.39, 0.29) is 22.3 Å². The highest BCUT2D eigenvalue weighted by molar-refractivity contribution is 8.00. The van der Waals surface area contributed by atoms with E-state index in [1.807, 2.05) is 0 Å². The summed E-state index contributed by atoms with van der Waals surface area (Å²) >= 11 is 21.2. The maximum absolute atomic E-state index is 13.9. The van der Waals surface area contributed by atoms with Gasteiger partial charge in [-0.1, -0.05) is 70.0 Å². The van der Waals surface area contributed by atoms with Crippen molar-refractivity contribution in [3.8, 4) is 0 Å². The number of amides is 3. The number of aromatic nitrogens is 1. The Bertz CT molecular complexity index is 1550. The Morgan fingerprint density at radius 2 is 1.69 bits per heavy atom. The number of carbonyl (C=O) groups is 3. The second kappa shape index (κ2) is 10.6. The van der Waals surface area contributed by atoms with Crippen LogP contribution in [0, 0.1) is 5.92 Å². The number of carbonyl (C=O) groups excluding carboxylic acids is 3. The number of thiazole rings is 1. The molecular formula is C26H20Cl3N3O5S2. The lowest BCUT2D eigenvalue weighted by Crippen LogP contribution is -2.43. The van der Waals surface area contributed by atoms with Crippen LogP contribution in [0.4, 0.5) is 5.69 Å². The maximum Gasteiger partial charge on any atom is 0.308 e. The lowest BCUT2D eigenvalue weighted by Gasteiger charge is -2.31. The number of nitrogens with zero attached hydrogens (tertiary/aromatic N) is 3. The molecule has 3 aliphatic heterocycles. The molecule has 8 nitrogen and oxygen atoms in total. The quantitative estimate of drug-likeness (QED) is 0.397. The number of ether oxygens (including phenoxy) is 1. The summed E-state index contributed by atoms with van der Waals surface area (Å²) in [5.74, 6) is -2.55. The van der Waals surface area contributed by atoms with Gasteiger partial charge in [-0.2, -0.15) is 0 Å². The van der Waals surface area contributed by atoms with Gasteiger partial charge >= 0.3 is 4.87 Å². The van der Waals surface area contributed by atoms with E-state index in [9.17, 15) is 19.2 Å². The van der Waals surface area contributed by atoms with Crippen LogP contribution >= 0.6 is 57.9 Å². The smallest absolute Gasteiger partial charge is 0.308 e. The fourth-order valence-corrected chi connectivity index (χ4v) is 8.56. The summed E-state index contributed by atoms with van der Waals surface area (Å²) in [4.78, 5) is 57.2. The largest absolute Gasteiger partial charge is 0.378 e. The number of thioether (sulfide) groups is 1. The van der Waals surface area contributed by atoms with Crippen molar-refractivity contribution >= 4 is 81.3 Å². The van der Waals surface area contributed by atoms with E-state index >= 15 is 0 Å². The lowest BCUT2D eigenvalue weighted by molar-refractivity contribution is -0.136. The van der Waals surface area contributed by atoms with Crippen LogP contribution in [0.3, 0.4) is 0 Å². The molecule has 2 fully saturated rings. The molecule has 0 radical (unpaired) electrons. The van der Waals surface area contributed by atoms with Gasteiger partial charge in [0.1, 0.15) is 11.8 Å². The Balaban J connectivity index is 1.46. The maximum atomic E-state index is 13.9. The molecule has 0 spiro atoms. The first-order valence-electron chi connectivity index (χ1n) is 12.1. The van der Waals surface area contributed by atoms with E-state index < -0.39 is 28.9 Å². The second-order valence-electron chi connectivity index (χ2n) is 9.29. The third-order valence-electron chi connectivity index (χ3n) is 7.11. The molecule has 39 heavy (non-hydrogen) atoms. The first-order chi connectivity index (χ1) is 18.8. The summed E-state index contributed by atoms with van der Waals surface area (Å²) < 4.78 is 6.75. The Labute approximate surface area is 246 Å². The van der Waals surface area contributed by atoms with Gasteiger partial charge in [-0.15, -0.1) is 0 Å². The van der Waals surface area contributed by atoms with Crippen molar-refractivity contribution < 1.29 is 19.1 Å². The van der Waals surface area contributed by atoms with Crippen molar-refractivity contribution in [3.05, 3.63) is 77.6 Å². The third kappa shape index (κ3) is 4.61. The van der Waals surface area contributed by atoms with Crippen molar-refractivity contribution in [1.29, 1.82) is 0 Å². The number of benzene rings is 2. The molecule has 1 aromatic heterocycles. The normalized spacial score (nSPS) is 22.7. The molecule has 3 amide bonds. The monoisotopic (exact) mass is 623 g/mol. The fourth-order valence-electron chi connectivity index (χ4n) is 5.24. The van der Waals surface area contributed by atoms with Gasteiger partial charge < -0.3 is 9.64 Å². The molecule has 3 aliphatic rings. The molecule has 4 heterocycles. The van der Waals surface area contributed by atoms with Gasteiger partial charge in [0, 0.05) is 28.9 Å². The van der Waals surface area contributed by atoms with Gasteiger partial charge in [0.25, 0.3) is 0 Å². The summed E-state index contributed by atoms with van der Waals surface area (Å²) in [7, 11) is 0. The second-order valence-corrected chi connectivity index (χ2v) is 12.6. The van der Waals surface area contributed by atoms with Crippen molar-refractivity contribution in [3.63, 3.8) is 0 Å². The summed E-state index contributed by atoms with van der Waals surface area (Å²) in [6.45, 7) is 1.60. The van der Waals surface area contributed by atoms with Gasteiger partial charge in [-0.05, 0) is 35.9 Å². The highest BCUT2D eigenvalue weighted by Gasteiger charge is 2.57. The number of rotatable bonds is 4. The van der Waals surface area contributed by atoms with Crippen LogP contribution < -0.4 is 9.77 Å². The summed E-state index contributed by atoms with van der Waals surface area (Å²) in [5.41, 5.74) is 0.955. The predicted octanol–water partition coefficient (Wildman–Crippen LogP) is 4.52. The summed E-state index contributed by atoms with van der Waals surface area (Å²) in [6.07, 6.45) is 0. The van der Waals surface area contributed by atoms with E-state index in [1.54, 1.807) is 47.4 Å². The Kier molecular flexibility index (Phi) is 7.28. The average Bonchev–Trinajstić information content (AvgIpc) is 3.38. The van der Waals surface area contributed by atoms with Crippen LogP contribution in [0.25, 0.3) is 0 Å². The summed E-state index contributed by atoms with van der Waals surface area (Å²) in [5, 5.41) is 0.686. The molecule has 2 unspecified atom stereocenters. The SMILES string of the molecule is O=C(Cn1c2c(sc1=O)[C@H](c1cccc(Cl)c1Cl)C1C(=O)N(c3ccc(Cl)cc3)C(=O)C1S2)N1CCOCC1. The van der Waals surface area contributed by atoms with Crippen LogP contribution in [0.5, 0.6) is 0 Å². The van der Waals surface area contributed by atoms with Crippen LogP contribution in [-0.2, 0) is 25.7 Å². The molecule has 0 bridgehead atoms. The number of fused-ring (bicyclic) bond motifs is 2. The number of hydrogen-bond donors (Lipinski definition) is 0. The minimum absolute atomic E-state index is 0.173. The first-order valence-corrected chi connectivity index (χ1v) is 14.9. The molecule has 0 N–H and O–H groups in total. The van der Waals surface area contributed by atoms with E-state index in [1.165, 1.54) is 9.47 Å². The topological polar surface area (TPSA) is 88.9 Å². The Hall–Kier alpha value is -2.34. The van der Waals surface area contributed by atoms with Gasteiger partial charge in [0.2, 0.25) is 17.7 Å². The van der Waals surface area contributed by atoms with Crippen molar-refractivity contribution in [2.75, 3.05) is 31.2 Å². The number of anilines is 1. The molecule has 202 valence electrons. The number of imide groups is 1. The lowest BCUT2D eigenvalue weighted by atomic mass is 9.83. The van der Waals surface area contributed by atoms with E-state index in [0.717, 1.165) is 23.1 Å². The van der Waals surface area contributed by atoms with Crippen molar-refractivity contribution in [1.82, 2.24) is 9.47 Å². The van der Waals surface area contributed by atoms with E-state index in [0.29, 0.717) is 57.5 Å². The fraction of sp³-hybridized carbons (Fsp3) is 0.308. The standard InChI is InChI=1S/C26H20Cl3N3O5S2/c27-13-4-6-14(7-5-13)32-23(34)19-18(15-2-1-3-16(28)20(15)29)22-25(38-21(19)24(32)35)31(26(36)39-22)12-17(33)30-8-10-37-11-9-30/h1-7,18-19,21H,8-12H2/t18-,19?,21?/m1/s1. The first kappa shape index (κ1) is 26.9. The molecule has 6 rings (SSSR count). The zero-order valence-corrected chi connectivity index (χ0v) is 24.0. The molecule has 3 aromatic rings. The van der Waals surface area contributed by atoms with Crippen LogP contribution in [0.1, 0.15) is 16.4 Å². The van der Waals surface area contributed by atoms with Crippen LogP contribution in [0.15, 0.2) is 52.3 Å². The summed E-state index contributed by atoms with van der Waals surface area (Å²) in [6, 6.07) is 11.6. The molecule has 3 atom stereocenters. The van der Waals surface area contributed by atoms with E-state index in [4.69, 9.17) is 39.5 Å². The van der Waals surface area contributed by atoms with Gasteiger partial charge in [-0.25, -0.2) is 4.90 Å². The van der Waals surface area contributed by atoms with Gasteiger partial charge in [0.15, 0.2) is 0 Å². The molecule has 0 saturated carbocycles. The van der Waals surface area contributed by atoms with Crippen LogP contribution in [0.2, 0.25) is 15.1 Å². The number of morpholine rings is 1. The van der Waals surface area contributed by atoms with Crippen molar-refractivity contribution in [2.45, 2.75) is 22.7 Å². The predicted molar refractivity (Wildman–Crippen MR) is 151 cm³/mol. The van der Waals surface area contributed by atoms with Gasteiger partial charge in [0.05, 0.1) is 39.9 Å². The Morgan fingerprint density at radius 3 is 2.41 bits per heavy atom. The minimum Gasteiger partial charge on any atom is -0.378 e. The van der Waals surface area contributed by atoms with Gasteiger partial charge in [-0.3, -0.25) is 23.7 Å². The number of hydrogen-bond acceptors (Lipinski definition) is 7. The zero-order valence-electron chi connectivity index (χ0n) is 20.1. The minimum atomic E-state index is -0.834. The highest BCUT2D eigenvalue weighted by atomic mass is 35.5. The van der Waals surface area contributed by atoms with E-state index in [2.05, 4.69) is 0 Å². The molecule has 2 aromatic carbocycles. The van der Waals surface area contributed by atoms with Crippen LogP contribution in [-0.4, -0.2) is 58.7 Å². The molecule has 13 heteroatoms.